The number of rotatable bonds is 7. The minimum Gasteiger partial charge on any atom is -0.478 e. The summed E-state index contributed by atoms with van der Waals surface area (Å²) < 4.78 is 5.34. The minimum atomic E-state index is -0.441. The molecule has 3 aromatic rings. The first-order valence-electron chi connectivity index (χ1n) is 9.14. The summed E-state index contributed by atoms with van der Waals surface area (Å²) in [5.74, 6) is -0.0833. The molecule has 1 aromatic carbocycles. The number of carbonyl (C=O) groups is 1. The second-order valence-electron chi connectivity index (χ2n) is 6.75. The zero-order valence-electron chi connectivity index (χ0n) is 16.3. The number of nitrogens with zero attached hydrogens (tertiary/aromatic N) is 2. The predicted octanol–water partition coefficient (Wildman–Crippen LogP) is 2.31. The molecule has 2 aromatic heterocycles. The van der Waals surface area contributed by atoms with E-state index in [9.17, 15) is 9.59 Å². The zero-order valence-corrected chi connectivity index (χ0v) is 16.3. The van der Waals surface area contributed by atoms with Crippen LogP contribution in [0.15, 0.2) is 47.4 Å². The summed E-state index contributed by atoms with van der Waals surface area (Å²) >= 11 is 0. The summed E-state index contributed by atoms with van der Waals surface area (Å²) in [5.41, 5.74) is 2.51. The molecule has 2 N–H and O–H groups in total. The van der Waals surface area contributed by atoms with Crippen LogP contribution in [0.4, 0.5) is 0 Å². The Labute approximate surface area is 163 Å². The van der Waals surface area contributed by atoms with E-state index in [-0.39, 0.29) is 11.1 Å². The van der Waals surface area contributed by atoms with Crippen LogP contribution in [0.5, 0.6) is 5.88 Å². The lowest BCUT2D eigenvalue weighted by molar-refractivity contribution is 0.0949. The summed E-state index contributed by atoms with van der Waals surface area (Å²) in [5, 5.41) is 2.79. The second kappa shape index (κ2) is 8.67. The molecule has 0 saturated heterocycles. The number of aromatic nitrogens is 2. The Morgan fingerprint density at radius 2 is 1.86 bits per heavy atom. The monoisotopic (exact) mass is 380 g/mol. The van der Waals surface area contributed by atoms with E-state index in [4.69, 9.17) is 4.74 Å². The van der Waals surface area contributed by atoms with Crippen LogP contribution in [0.2, 0.25) is 0 Å². The first-order valence-corrected chi connectivity index (χ1v) is 9.14. The summed E-state index contributed by atoms with van der Waals surface area (Å²) in [7, 11) is 4.03. The third kappa shape index (κ3) is 4.55. The summed E-state index contributed by atoms with van der Waals surface area (Å²) in [4.78, 5) is 34.4. The van der Waals surface area contributed by atoms with Gasteiger partial charge in [0.1, 0.15) is 11.1 Å². The number of carbonyl (C=O) groups excluding carboxylic acids is 1. The van der Waals surface area contributed by atoms with Gasteiger partial charge in [-0.05, 0) is 38.2 Å². The van der Waals surface area contributed by atoms with Gasteiger partial charge in [-0.3, -0.25) is 9.59 Å². The van der Waals surface area contributed by atoms with Gasteiger partial charge in [-0.15, -0.1) is 0 Å². The molecule has 0 radical (unpaired) electrons. The average molecular weight is 380 g/mol. The summed E-state index contributed by atoms with van der Waals surface area (Å²) in [6.07, 6.45) is 1.42. The normalized spacial score (nSPS) is 11.0. The molecule has 7 nitrogen and oxygen atoms in total. The summed E-state index contributed by atoms with van der Waals surface area (Å²) in [6, 6.07) is 11.4. The zero-order chi connectivity index (χ0) is 20.1. The molecule has 0 atom stereocenters. The van der Waals surface area contributed by atoms with Crippen molar-refractivity contribution in [2.45, 2.75) is 20.0 Å². The van der Waals surface area contributed by atoms with Gasteiger partial charge in [0.05, 0.1) is 12.1 Å². The van der Waals surface area contributed by atoms with Crippen LogP contribution in [-0.4, -0.2) is 41.5 Å². The van der Waals surface area contributed by atoms with Crippen LogP contribution >= 0.6 is 0 Å². The number of ether oxygens (including phenoxy) is 1. The van der Waals surface area contributed by atoms with Gasteiger partial charge in [-0.25, -0.2) is 4.98 Å². The Balaban J connectivity index is 1.74. The largest absolute Gasteiger partial charge is 0.478 e. The molecule has 0 bridgehead atoms. The summed E-state index contributed by atoms with van der Waals surface area (Å²) in [6.45, 7) is 3.48. The lowest BCUT2D eigenvalue weighted by atomic mass is 10.1. The highest BCUT2D eigenvalue weighted by molar-refractivity contribution is 5.96. The van der Waals surface area contributed by atoms with Crippen molar-refractivity contribution in [3.63, 3.8) is 0 Å². The lowest BCUT2D eigenvalue weighted by Gasteiger charge is -2.10. The van der Waals surface area contributed by atoms with Crippen molar-refractivity contribution in [3.8, 4) is 5.88 Å². The molecule has 3 rings (SSSR count). The van der Waals surface area contributed by atoms with Crippen LogP contribution in [0.3, 0.4) is 0 Å². The maximum atomic E-state index is 12.7. The maximum Gasteiger partial charge on any atom is 0.257 e. The highest BCUT2D eigenvalue weighted by Gasteiger charge is 2.14. The fourth-order valence-electron chi connectivity index (χ4n) is 2.88. The number of nitrogens with one attached hydrogen (secondary N) is 2. The van der Waals surface area contributed by atoms with Gasteiger partial charge in [-0.2, -0.15) is 0 Å². The number of hydrogen-bond acceptors (Lipinski definition) is 5. The fourth-order valence-corrected chi connectivity index (χ4v) is 2.88. The molecule has 1 amide bonds. The molecule has 0 spiro atoms. The number of hydrogen-bond donors (Lipinski definition) is 2. The number of H-pyrrole nitrogens is 1. The lowest BCUT2D eigenvalue weighted by Crippen LogP contribution is -2.28. The molecule has 0 aliphatic carbocycles. The van der Waals surface area contributed by atoms with Gasteiger partial charge < -0.3 is 19.9 Å². The van der Waals surface area contributed by atoms with E-state index >= 15 is 0 Å². The molecule has 0 aliphatic heterocycles. The van der Waals surface area contributed by atoms with Gasteiger partial charge in [0.2, 0.25) is 11.3 Å². The first kappa shape index (κ1) is 19.6. The number of benzene rings is 1. The van der Waals surface area contributed by atoms with Gasteiger partial charge in [0.25, 0.3) is 5.91 Å². The van der Waals surface area contributed by atoms with E-state index < -0.39 is 11.3 Å². The molecule has 2 heterocycles. The predicted molar refractivity (Wildman–Crippen MR) is 109 cm³/mol. The molecule has 146 valence electrons. The fraction of sp³-hybridized carbons (Fsp3) is 0.286. The van der Waals surface area contributed by atoms with Crippen LogP contribution in [0.25, 0.3) is 11.0 Å². The van der Waals surface area contributed by atoms with Gasteiger partial charge >= 0.3 is 0 Å². The van der Waals surface area contributed by atoms with Gasteiger partial charge in [0, 0.05) is 25.4 Å². The van der Waals surface area contributed by atoms with E-state index in [1.165, 1.54) is 11.8 Å². The van der Waals surface area contributed by atoms with Crippen molar-refractivity contribution in [2.24, 2.45) is 0 Å². The second-order valence-corrected chi connectivity index (χ2v) is 6.75. The molecule has 0 unspecified atom stereocenters. The average Bonchev–Trinajstić information content (AvgIpc) is 2.68. The van der Waals surface area contributed by atoms with Crippen molar-refractivity contribution in [2.75, 3.05) is 20.7 Å². The molecule has 7 heteroatoms. The van der Waals surface area contributed by atoms with Crippen molar-refractivity contribution in [1.29, 1.82) is 0 Å². The standard InChI is InChI=1S/C21H24N4O3/c1-4-28-18-10-9-17-19(24-18)20(26)16(12-22-17)21(27)23-11-14-5-7-15(8-6-14)13-25(2)3/h5-10,12H,4,11,13H2,1-3H3,(H,22,26)(H,23,27). The van der Waals surface area contributed by atoms with Gasteiger partial charge in [-0.1, -0.05) is 24.3 Å². The Morgan fingerprint density at radius 3 is 2.54 bits per heavy atom. The minimum absolute atomic E-state index is 0.0258. The van der Waals surface area contributed by atoms with Gasteiger partial charge in [0.15, 0.2) is 0 Å². The topological polar surface area (TPSA) is 87.3 Å². The maximum absolute atomic E-state index is 12.7. The van der Waals surface area contributed by atoms with E-state index in [1.807, 2.05) is 45.3 Å². The Morgan fingerprint density at radius 1 is 1.14 bits per heavy atom. The van der Waals surface area contributed by atoms with Crippen LogP contribution in [0, 0.1) is 0 Å². The molecule has 0 saturated carbocycles. The highest BCUT2D eigenvalue weighted by atomic mass is 16.5. The Hall–Kier alpha value is -3.19. The van der Waals surface area contributed by atoms with E-state index in [2.05, 4.69) is 20.2 Å². The van der Waals surface area contributed by atoms with Crippen molar-refractivity contribution in [1.82, 2.24) is 20.2 Å². The van der Waals surface area contributed by atoms with Crippen molar-refractivity contribution >= 4 is 16.9 Å². The Bertz CT molecular complexity index is 1030. The number of amides is 1. The molecular formula is C21H24N4O3. The van der Waals surface area contributed by atoms with Crippen molar-refractivity contribution < 1.29 is 9.53 Å². The number of pyridine rings is 2. The molecular weight excluding hydrogens is 356 g/mol. The smallest absolute Gasteiger partial charge is 0.257 e. The van der Waals surface area contributed by atoms with Crippen LogP contribution in [0.1, 0.15) is 28.4 Å². The number of fused-ring (bicyclic) bond motifs is 1. The first-order chi connectivity index (χ1) is 13.5. The van der Waals surface area contributed by atoms with E-state index in [1.54, 1.807) is 12.1 Å². The van der Waals surface area contributed by atoms with Crippen LogP contribution < -0.4 is 15.5 Å². The molecule has 0 aliphatic rings. The SMILES string of the molecule is CCOc1ccc2[nH]cc(C(=O)NCc3ccc(CN(C)C)cc3)c(=O)c2n1. The molecule has 28 heavy (non-hydrogen) atoms. The van der Waals surface area contributed by atoms with E-state index in [0.29, 0.717) is 24.5 Å². The van der Waals surface area contributed by atoms with Crippen molar-refractivity contribution in [3.05, 3.63) is 69.5 Å². The van der Waals surface area contributed by atoms with Crippen LogP contribution in [-0.2, 0) is 13.1 Å². The molecule has 0 fully saturated rings. The van der Waals surface area contributed by atoms with E-state index in [0.717, 1.165) is 12.1 Å². The highest BCUT2D eigenvalue weighted by Crippen LogP contribution is 2.12. The Kier molecular flexibility index (Phi) is 6.06. The number of aromatic amines is 1. The quantitative estimate of drug-likeness (QED) is 0.657. The third-order valence-electron chi connectivity index (χ3n) is 4.21. The third-order valence-corrected chi connectivity index (χ3v) is 4.21.